The largest absolute Gasteiger partial charge is 0.489 e. The third-order valence-electron chi connectivity index (χ3n) is 4.72. The van der Waals surface area contributed by atoms with Crippen LogP contribution in [0.1, 0.15) is 23.9 Å². The molecule has 31 heavy (non-hydrogen) atoms. The van der Waals surface area contributed by atoms with E-state index in [1.165, 1.54) is 10.7 Å². The summed E-state index contributed by atoms with van der Waals surface area (Å²) in [7, 11) is 0. The molecule has 0 aliphatic heterocycles. The number of aromatic nitrogens is 2. The van der Waals surface area contributed by atoms with Crippen LogP contribution in [0.5, 0.6) is 5.75 Å². The van der Waals surface area contributed by atoms with Crippen LogP contribution in [0.2, 0.25) is 0 Å². The Bertz CT molecular complexity index is 1330. The van der Waals surface area contributed by atoms with Gasteiger partial charge < -0.3 is 4.74 Å². The molecule has 0 spiro atoms. The van der Waals surface area contributed by atoms with Gasteiger partial charge in [0.1, 0.15) is 24.0 Å². The van der Waals surface area contributed by atoms with Crippen molar-refractivity contribution in [2.45, 2.75) is 20.0 Å². The maximum Gasteiger partial charge on any atom is 0.282 e. The molecule has 0 radical (unpaired) electrons. The lowest BCUT2D eigenvalue weighted by Gasteiger charge is -2.09. The molecule has 0 bridgehead atoms. The first-order chi connectivity index (χ1) is 15.0. The number of ether oxygens (including phenoxy) is 1. The molecule has 0 aliphatic rings. The summed E-state index contributed by atoms with van der Waals surface area (Å²) in [5.41, 5.74) is 1.63. The molecule has 7 heteroatoms. The van der Waals surface area contributed by atoms with Gasteiger partial charge in [-0.15, -0.1) is 0 Å². The zero-order chi connectivity index (χ0) is 21.8. The Morgan fingerprint density at radius 3 is 2.77 bits per heavy atom. The zero-order valence-corrected chi connectivity index (χ0v) is 18.3. The second-order valence-electron chi connectivity index (χ2n) is 6.86. The number of hydrogen-bond donors (Lipinski definition) is 0. The molecule has 0 atom stereocenters. The zero-order valence-electron chi connectivity index (χ0n) is 16.8. The topological polar surface area (TPSA) is 56.5 Å². The van der Waals surface area contributed by atoms with Gasteiger partial charge in [-0.25, -0.2) is 9.37 Å². The minimum atomic E-state index is -0.304. The van der Waals surface area contributed by atoms with Crippen LogP contribution in [0.3, 0.4) is 0 Å². The lowest BCUT2D eigenvalue weighted by molar-refractivity contribution is 0.300. The minimum Gasteiger partial charge on any atom is -0.489 e. The second kappa shape index (κ2) is 9.22. The first kappa shape index (κ1) is 20.9. The summed E-state index contributed by atoms with van der Waals surface area (Å²) in [5.74, 6) is 0.848. The third kappa shape index (κ3) is 4.72. The van der Waals surface area contributed by atoms with E-state index in [2.05, 4.69) is 26.0 Å². The Kier molecular flexibility index (Phi) is 6.23. The molecule has 0 amide bonds. The average Bonchev–Trinajstić information content (AvgIpc) is 2.78. The van der Waals surface area contributed by atoms with Crippen LogP contribution in [0.15, 0.2) is 81.1 Å². The van der Waals surface area contributed by atoms with Gasteiger partial charge in [-0.2, -0.15) is 9.78 Å². The minimum absolute atomic E-state index is 0.121. The summed E-state index contributed by atoms with van der Waals surface area (Å²) < 4.78 is 21.6. The molecular formula is C24H19BrFN3O2. The van der Waals surface area contributed by atoms with E-state index in [-0.39, 0.29) is 18.0 Å². The number of aryl methyl sites for hydroxylation is 1. The highest BCUT2D eigenvalue weighted by molar-refractivity contribution is 9.10. The van der Waals surface area contributed by atoms with Crippen molar-refractivity contribution in [2.75, 3.05) is 0 Å². The highest BCUT2D eigenvalue weighted by Crippen LogP contribution is 2.17. The van der Waals surface area contributed by atoms with Crippen LogP contribution in [-0.2, 0) is 13.0 Å². The van der Waals surface area contributed by atoms with Gasteiger partial charge in [-0.3, -0.25) is 4.79 Å². The van der Waals surface area contributed by atoms with Crippen molar-refractivity contribution >= 4 is 33.0 Å². The third-order valence-corrected chi connectivity index (χ3v) is 5.22. The van der Waals surface area contributed by atoms with Gasteiger partial charge in [-0.1, -0.05) is 53.2 Å². The summed E-state index contributed by atoms with van der Waals surface area (Å²) in [6.07, 6.45) is 2.15. The predicted octanol–water partition coefficient (Wildman–Crippen LogP) is 5.32. The lowest BCUT2D eigenvalue weighted by Crippen LogP contribution is -2.22. The van der Waals surface area contributed by atoms with Crippen LogP contribution >= 0.6 is 15.9 Å². The standard InChI is InChI=1S/C24H19BrFN3O2/c1-2-23-28-22-11-10-18(25)13-20(22)24(30)29(23)27-14-16-6-5-8-19(12-16)31-15-17-7-3-4-9-21(17)26/h3-14H,2,15H2,1H3. The maximum atomic E-state index is 13.8. The van der Waals surface area contributed by atoms with E-state index in [0.717, 1.165) is 10.0 Å². The highest BCUT2D eigenvalue weighted by atomic mass is 79.9. The van der Waals surface area contributed by atoms with Crippen molar-refractivity contribution in [3.05, 3.63) is 104 Å². The molecule has 4 rings (SSSR count). The highest BCUT2D eigenvalue weighted by Gasteiger charge is 2.09. The average molecular weight is 480 g/mol. The molecule has 0 saturated heterocycles. The fourth-order valence-corrected chi connectivity index (χ4v) is 3.49. The quantitative estimate of drug-likeness (QED) is 0.351. The second-order valence-corrected chi connectivity index (χ2v) is 7.77. The number of rotatable bonds is 6. The summed E-state index contributed by atoms with van der Waals surface area (Å²) in [5, 5.41) is 4.88. The Hall–Kier alpha value is -3.32. The number of nitrogens with zero attached hydrogens (tertiary/aromatic N) is 3. The first-order valence-electron chi connectivity index (χ1n) is 9.77. The lowest BCUT2D eigenvalue weighted by atomic mass is 10.2. The number of fused-ring (bicyclic) bond motifs is 1. The number of halogens is 2. The fourth-order valence-electron chi connectivity index (χ4n) is 3.13. The van der Waals surface area contributed by atoms with E-state index < -0.39 is 0 Å². The van der Waals surface area contributed by atoms with Crippen molar-refractivity contribution in [1.29, 1.82) is 0 Å². The van der Waals surface area contributed by atoms with E-state index in [1.54, 1.807) is 42.6 Å². The van der Waals surface area contributed by atoms with E-state index in [1.807, 2.05) is 31.2 Å². The van der Waals surface area contributed by atoms with E-state index >= 15 is 0 Å². The van der Waals surface area contributed by atoms with Crippen LogP contribution in [0.25, 0.3) is 10.9 Å². The molecular weight excluding hydrogens is 461 g/mol. The monoisotopic (exact) mass is 479 g/mol. The molecule has 0 unspecified atom stereocenters. The Morgan fingerprint density at radius 2 is 1.97 bits per heavy atom. The first-order valence-corrected chi connectivity index (χ1v) is 10.6. The van der Waals surface area contributed by atoms with Gasteiger partial charge in [0.2, 0.25) is 0 Å². The van der Waals surface area contributed by atoms with Crippen molar-refractivity contribution in [2.24, 2.45) is 5.10 Å². The Labute approximate surface area is 187 Å². The molecule has 0 N–H and O–H groups in total. The Balaban J connectivity index is 1.61. The van der Waals surface area contributed by atoms with Crippen LogP contribution in [0.4, 0.5) is 4.39 Å². The van der Waals surface area contributed by atoms with Gasteiger partial charge in [0.25, 0.3) is 5.56 Å². The van der Waals surface area contributed by atoms with Gasteiger partial charge in [0, 0.05) is 16.5 Å². The van der Waals surface area contributed by atoms with E-state index in [4.69, 9.17) is 4.74 Å². The molecule has 3 aromatic carbocycles. The molecule has 156 valence electrons. The smallest absolute Gasteiger partial charge is 0.282 e. The molecule has 5 nitrogen and oxygen atoms in total. The van der Waals surface area contributed by atoms with Crippen molar-refractivity contribution in [1.82, 2.24) is 9.66 Å². The molecule has 1 aromatic heterocycles. The predicted molar refractivity (Wildman–Crippen MR) is 123 cm³/mol. The molecule has 0 aliphatic carbocycles. The summed E-state index contributed by atoms with van der Waals surface area (Å²) in [4.78, 5) is 17.5. The van der Waals surface area contributed by atoms with E-state index in [0.29, 0.717) is 34.5 Å². The van der Waals surface area contributed by atoms with Crippen LogP contribution < -0.4 is 10.3 Å². The number of hydrogen-bond acceptors (Lipinski definition) is 4. The van der Waals surface area contributed by atoms with Gasteiger partial charge in [-0.05, 0) is 42.0 Å². The molecule has 0 saturated carbocycles. The summed E-state index contributed by atoms with van der Waals surface area (Å²) in [6, 6.07) is 19.1. The molecule has 1 heterocycles. The van der Waals surface area contributed by atoms with Crippen molar-refractivity contribution in [3.63, 3.8) is 0 Å². The van der Waals surface area contributed by atoms with Gasteiger partial charge in [0.15, 0.2) is 0 Å². The van der Waals surface area contributed by atoms with Crippen LogP contribution in [-0.4, -0.2) is 15.9 Å². The maximum absolute atomic E-state index is 13.8. The fraction of sp³-hybridized carbons (Fsp3) is 0.125. The SMILES string of the molecule is CCc1nc2ccc(Br)cc2c(=O)n1N=Cc1cccc(OCc2ccccc2F)c1. The Morgan fingerprint density at radius 1 is 1.13 bits per heavy atom. The van der Waals surface area contributed by atoms with Crippen molar-refractivity contribution < 1.29 is 9.13 Å². The number of benzene rings is 3. The van der Waals surface area contributed by atoms with E-state index in [9.17, 15) is 9.18 Å². The van der Waals surface area contributed by atoms with Gasteiger partial charge in [0.05, 0.1) is 17.1 Å². The normalized spacial score (nSPS) is 11.3. The summed E-state index contributed by atoms with van der Waals surface area (Å²) in [6.45, 7) is 2.05. The molecule has 0 fully saturated rings. The van der Waals surface area contributed by atoms with Gasteiger partial charge >= 0.3 is 0 Å². The summed E-state index contributed by atoms with van der Waals surface area (Å²) >= 11 is 3.39. The van der Waals surface area contributed by atoms with Crippen molar-refractivity contribution in [3.8, 4) is 5.75 Å². The molecule has 4 aromatic rings. The van der Waals surface area contributed by atoms with Crippen LogP contribution in [0, 0.1) is 5.82 Å².